The molecule has 5 nitrogen and oxygen atoms in total. The SMILES string of the molecule is CCCCOC(=O)Cn1cnnc1. The lowest BCUT2D eigenvalue weighted by Crippen LogP contribution is -2.12. The highest BCUT2D eigenvalue weighted by atomic mass is 16.5. The Labute approximate surface area is 76.7 Å². The summed E-state index contributed by atoms with van der Waals surface area (Å²) in [6.07, 6.45) is 4.91. The maximum atomic E-state index is 11.1. The minimum absolute atomic E-state index is 0.191. The van der Waals surface area contributed by atoms with Crippen molar-refractivity contribution in [2.24, 2.45) is 0 Å². The van der Waals surface area contributed by atoms with E-state index < -0.39 is 0 Å². The molecule has 1 rings (SSSR count). The van der Waals surface area contributed by atoms with Crippen LogP contribution in [0.4, 0.5) is 0 Å². The van der Waals surface area contributed by atoms with Gasteiger partial charge >= 0.3 is 5.97 Å². The Morgan fingerprint density at radius 1 is 1.46 bits per heavy atom. The molecule has 0 N–H and O–H groups in total. The molecule has 0 spiro atoms. The van der Waals surface area contributed by atoms with Gasteiger partial charge in [-0.15, -0.1) is 10.2 Å². The number of nitrogens with zero attached hydrogens (tertiary/aromatic N) is 3. The van der Waals surface area contributed by atoms with Crippen LogP contribution in [0.25, 0.3) is 0 Å². The maximum Gasteiger partial charge on any atom is 0.326 e. The van der Waals surface area contributed by atoms with Gasteiger partial charge in [0.15, 0.2) is 0 Å². The number of carbonyl (C=O) groups excluding carboxylic acids is 1. The van der Waals surface area contributed by atoms with Gasteiger partial charge in [0.1, 0.15) is 19.2 Å². The van der Waals surface area contributed by atoms with Crippen LogP contribution in [0.2, 0.25) is 0 Å². The first-order chi connectivity index (χ1) is 6.33. The maximum absolute atomic E-state index is 11.1. The predicted molar refractivity (Wildman–Crippen MR) is 45.9 cm³/mol. The second-order valence-electron chi connectivity index (χ2n) is 2.71. The molecule has 0 fully saturated rings. The summed E-state index contributed by atoms with van der Waals surface area (Å²) in [7, 11) is 0. The molecule has 0 aliphatic heterocycles. The van der Waals surface area contributed by atoms with Crippen LogP contribution in [-0.4, -0.2) is 27.3 Å². The highest BCUT2D eigenvalue weighted by molar-refractivity contribution is 5.69. The van der Waals surface area contributed by atoms with Gasteiger partial charge in [-0.25, -0.2) is 0 Å². The zero-order chi connectivity index (χ0) is 9.52. The van der Waals surface area contributed by atoms with Crippen molar-refractivity contribution in [3.63, 3.8) is 0 Å². The van der Waals surface area contributed by atoms with Crippen LogP contribution in [0, 0.1) is 0 Å². The lowest BCUT2D eigenvalue weighted by atomic mass is 10.4. The molecule has 0 amide bonds. The normalized spacial score (nSPS) is 9.92. The number of aromatic nitrogens is 3. The Morgan fingerprint density at radius 2 is 2.15 bits per heavy atom. The van der Waals surface area contributed by atoms with E-state index >= 15 is 0 Å². The largest absolute Gasteiger partial charge is 0.464 e. The zero-order valence-corrected chi connectivity index (χ0v) is 7.64. The Morgan fingerprint density at radius 3 is 2.77 bits per heavy atom. The molecule has 1 aromatic heterocycles. The van der Waals surface area contributed by atoms with E-state index in [1.165, 1.54) is 12.7 Å². The number of rotatable bonds is 5. The van der Waals surface area contributed by atoms with Crippen molar-refractivity contribution in [2.45, 2.75) is 26.3 Å². The fraction of sp³-hybridized carbons (Fsp3) is 0.625. The quantitative estimate of drug-likeness (QED) is 0.496. The van der Waals surface area contributed by atoms with E-state index in [4.69, 9.17) is 4.74 Å². The van der Waals surface area contributed by atoms with Crippen LogP contribution in [0.15, 0.2) is 12.7 Å². The van der Waals surface area contributed by atoms with E-state index in [0.29, 0.717) is 6.61 Å². The summed E-state index contributed by atoms with van der Waals surface area (Å²) in [6, 6.07) is 0. The first-order valence-electron chi connectivity index (χ1n) is 4.31. The van der Waals surface area contributed by atoms with Crippen LogP contribution < -0.4 is 0 Å². The smallest absolute Gasteiger partial charge is 0.326 e. The predicted octanol–water partition coefficient (Wildman–Crippen LogP) is 0.621. The van der Waals surface area contributed by atoms with Gasteiger partial charge in [0, 0.05) is 0 Å². The van der Waals surface area contributed by atoms with Gasteiger partial charge in [-0.2, -0.15) is 0 Å². The summed E-state index contributed by atoms with van der Waals surface area (Å²) in [5.41, 5.74) is 0. The second kappa shape index (κ2) is 5.29. The molecule has 13 heavy (non-hydrogen) atoms. The third-order valence-electron chi connectivity index (χ3n) is 1.54. The minimum Gasteiger partial charge on any atom is -0.464 e. The lowest BCUT2D eigenvalue weighted by molar-refractivity contribution is -0.144. The van der Waals surface area contributed by atoms with E-state index in [9.17, 15) is 4.79 Å². The molecule has 0 aliphatic rings. The molecule has 1 heterocycles. The number of ether oxygens (including phenoxy) is 1. The van der Waals surface area contributed by atoms with Gasteiger partial charge in [0.05, 0.1) is 6.61 Å². The molecule has 72 valence electrons. The van der Waals surface area contributed by atoms with Crippen LogP contribution in [-0.2, 0) is 16.1 Å². The summed E-state index contributed by atoms with van der Waals surface area (Å²) in [6.45, 7) is 2.74. The summed E-state index contributed by atoms with van der Waals surface area (Å²) in [4.78, 5) is 11.1. The van der Waals surface area contributed by atoms with Crippen molar-refractivity contribution in [1.82, 2.24) is 14.8 Å². The van der Waals surface area contributed by atoms with Crippen LogP contribution >= 0.6 is 0 Å². The van der Waals surface area contributed by atoms with Gasteiger partial charge in [-0.05, 0) is 6.42 Å². The number of carbonyl (C=O) groups is 1. The highest BCUT2D eigenvalue weighted by Crippen LogP contribution is 1.91. The molecule has 0 aromatic carbocycles. The molecule has 0 saturated heterocycles. The molecule has 0 saturated carbocycles. The molecule has 0 bridgehead atoms. The Bertz CT molecular complexity index is 246. The first-order valence-corrected chi connectivity index (χ1v) is 4.31. The number of hydrogen-bond acceptors (Lipinski definition) is 4. The number of esters is 1. The van der Waals surface area contributed by atoms with E-state index in [1.54, 1.807) is 4.57 Å². The highest BCUT2D eigenvalue weighted by Gasteiger charge is 2.02. The number of hydrogen-bond donors (Lipinski definition) is 0. The van der Waals surface area contributed by atoms with Crippen LogP contribution in [0.1, 0.15) is 19.8 Å². The molecule has 0 aliphatic carbocycles. The third-order valence-corrected chi connectivity index (χ3v) is 1.54. The topological polar surface area (TPSA) is 57.0 Å². The molecule has 0 atom stereocenters. The zero-order valence-electron chi connectivity index (χ0n) is 7.64. The average Bonchev–Trinajstić information content (AvgIpc) is 2.57. The van der Waals surface area contributed by atoms with E-state index in [2.05, 4.69) is 10.2 Å². The minimum atomic E-state index is -0.242. The van der Waals surface area contributed by atoms with E-state index in [-0.39, 0.29) is 12.5 Å². The molecule has 0 radical (unpaired) electrons. The molecule has 1 aromatic rings. The van der Waals surface area contributed by atoms with Gasteiger partial charge in [-0.3, -0.25) is 4.79 Å². The van der Waals surface area contributed by atoms with Crippen molar-refractivity contribution in [2.75, 3.05) is 6.61 Å². The monoisotopic (exact) mass is 183 g/mol. The Kier molecular flexibility index (Phi) is 3.95. The first kappa shape index (κ1) is 9.70. The molecular formula is C8H13N3O2. The lowest BCUT2D eigenvalue weighted by Gasteiger charge is -2.02. The van der Waals surface area contributed by atoms with Crippen molar-refractivity contribution in [3.8, 4) is 0 Å². The van der Waals surface area contributed by atoms with E-state index in [0.717, 1.165) is 12.8 Å². The van der Waals surface area contributed by atoms with Gasteiger partial charge in [0.2, 0.25) is 0 Å². The van der Waals surface area contributed by atoms with Crippen LogP contribution in [0.5, 0.6) is 0 Å². The van der Waals surface area contributed by atoms with Gasteiger partial charge in [-0.1, -0.05) is 13.3 Å². The standard InChI is InChI=1S/C8H13N3O2/c1-2-3-4-13-8(12)5-11-6-9-10-7-11/h6-7H,2-5H2,1H3. The van der Waals surface area contributed by atoms with E-state index in [1.807, 2.05) is 6.92 Å². The van der Waals surface area contributed by atoms with Crippen molar-refractivity contribution in [3.05, 3.63) is 12.7 Å². The van der Waals surface area contributed by atoms with Crippen LogP contribution in [0.3, 0.4) is 0 Å². The van der Waals surface area contributed by atoms with Gasteiger partial charge < -0.3 is 9.30 Å². The fourth-order valence-electron chi connectivity index (χ4n) is 0.829. The number of unbranched alkanes of at least 4 members (excludes halogenated alkanes) is 1. The summed E-state index contributed by atoms with van der Waals surface area (Å²) in [5.74, 6) is -0.242. The fourth-order valence-corrected chi connectivity index (χ4v) is 0.829. The summed E-state index contributed by atoms with van der Waals surface area (Å²) < 4.78 is 6.52. The molecule has 5 heteroatoms. The van der Waals surface area contributed by atoms with Crippen molar-refractivity contribution >= 4 is 5.97 Å². The Balaban J connectivity index is 2.18. The molecule has 0 unspecified atom stereocenters. The van der Waals surface area contributed by atoms with Gasteiger partial charge in [0.25, 0.3) is 0 Å². The van der Waals surface area contributed by atoms with Crippen molar-refractivity contribution < 1.29 is 9.53 Å². The Hall–Kier alpha value is -1.39. The second-order valence-corrected chi connectivity index (χ2v) is 2.71. The molecular weight excluding hydrogens is 170 g/mol. The average molecular weight is 183 g/mol. The summed E-state index contributed by atoms with van der Waals surface area (Å²) >= 11 is 0. The third kappa shape index (κ3) is 3.68. The van der Waals surface area contributed by atoms with Crippen molar-refractivity contribution in [1.29, 1.82) is 0 Å². The summed E-state index contributed by atoms with van der Waals surface area (Å²) in [5, 5.41) is 7.15.